The highest BCUT2D eigenvalue weighted by atomic mass is 14.0. The number of fused-ring (bicyclic) bond motifs is 2. The molecule has 0 N–H and O–H groups in total. The van der Waals surface area contributed by atoms with Crippen LogP contribution in [0.3, 0.4) is 0 Å². The lowest BCUT2D eigenvalue weighted by Gasteiger charge is -2.02. The highest BCUT2D eigenvalue weighted by Crippen LogP contribution is 2.20. The third kappa shape index (κ3) is 13.1. The van der Waals surface area contributed by atoms with Gasteiger partial charge in [-0.25, -0.2) is 0 Å². The second-order valence-electron chi connectivity index (χ2n) is 9.27. The van der Waals surface area contributed by atoms with Gasteiger partial charge in [0.05, 0.1) is 0 Å². The molecule has 218 valence electrons. The standard InChI is InChI=1S/2C12H12.C9H12.3C2H6.CH4/c2*1-9-7-10(2)12-6-4-3-5-11(12)8-9;1-7-4-8(2)6-9(3)5-7;3*1-2;/h2*3-8H,1-2H3;4-6H,1-3H3;3*1-2H3;1H4. The highest BCUT2D eigenvalue weighted by molar-refractivity contribution is 5.86. The molecule has 0 aliphatic heterocycles. The van der Waals surface area contributed by atoms with Crippen LogP contribution < -0.4 is 0 Å². The Morgan fingerprint density at radius 2 is 0.575 bits per heavy atom. The van der Waals surface area contributed by atoms with E-state index < -0.39 is 0 Å². The molecule has 0 amide bonds. The topological polar surface area (TPSA) is 0 Å². The zero-order valence-corrected chi connectivity index (χ0v) is 27.2. The van der Waals surface area contributed by atoms with Crippen LogP contribution in [0.4, 0.5) is 0 Å². The Balaban J connectivity index is 0. The lowest BCUT2D eigenvalue weighted by Crippen LogP contribution is -1.80. The summed E-state index contributed by atoms with van der Waals surface area (Å²) in [4.78, 5) is 0. The van der Waals surface area contributed by atoms with Gasteiger partial charge in [-0.2, -0.15) is 0 Å². The maximum absolute atomic E-state index is 2.22. The molecule has 0 aromatic heterocycles. The minimum absolute atomic E-state index is 0. The van der Waals surface area contributed by atoms with Crippen LogP contribution in [0, 0.1) is 48.5 Å². The summed E-state index contributed by atoms with van der Waals surface area (Å²) in [6, 6.07) is 32.5. The monoisotopic (exact) mass is 538 g/mol. The van der Waals surface area contributed by atoms with Crippen LogP contribution in [0.2, 0.25) is 0 Å². The number of hydrogen-bond donors (Lipinski definition) is 0. The fraction of sp³-hybridized carbons (Fsp3) is 0.350. The highest BCUT2D eigenvalue weighted by Gasteiger charge is 1.97. The molecule has 0 spiro atoms. The van der Waals surface area contributed by atoms with Crippen LogP contribution in [0.15, 0.2) is 91.0 Å². The molecule has 0 atom stereocenters. The summed E-state index contributed by atoms with van der Waals surface area (Å²) < 4.78 is 0. The summed E-state index contributed by atoms with van der Waals surface area (Å²) in [7, 11) is 0. The molecule has 0 nitrogen and oxygen atoms in total. The second-order valence-corrected chi connectivity index (χ2v) is 9.27. The van der Waals surface area contributed by atoms with E-state index in [9.17, 15) is 0 Å². The molecule has 0 aliphatic carbocycles. The van der Waals surface area contributed by atoms with Crippen LogP contribution in [-0.4, -0.2) is 0 Å². The molecule has 0 saturated carbocycles. The normalized spacial score (nSPS) is 8.93. The first-order valence-electron chi connectivity index (χ1n) is 14.7. The average molecular weight is 539 g/mol. The maximum Gasteiger partial charge on any atom is -0.0155 e. The van der Waals surface area contributed by atoms with Gasteiger partial charge < -0.3 is 0 Å². The zero-order chi connectivity index (χ0) is 30.0. The Hall–Kier alpha value is -3.38. The van der Waals surface area contributed by atoms with Gasteiger partial charge >= 0.3 is 0 Å². The Morgan fingerprint density at radius 3 is 0.875 bits per heavy atom. The molecule has 0 radical (unpaired) electrons. The van der Waals surface area contributed by atoms with E-state index in [0.717, 1.165) is 0 Å². The van der Waals surface area contributed by atoms with Crippen LogP contribution in [0.5, 0.6) is 0 Å². The summed E-state index contributed by atoms with van der Waals surface area (Å²) in [5.41, 5.74) is 9.47. The van der Waals surface area contributed by atoms with Crippen molar-refractivity contribution in [1.29, 1.82) is 0 Å². The lowest BCUT2D eigenvalue weighted by molar-refractivity contribution is 1.32. The van der Waals surface area contributed by atoms with Crippen molar-refractivity contribution in [2.45, 2.75) is 97.4 Å². The summed E-state index contributed by atoms with van der Waals surface area (Å²) in [5.74, 6) is 0. The zero-order valence-electron chi connectivity index (χ0n) is 27.2. The summed E-state index contributed by atoms with van der Waals surface area (Å²) in [5, 5.41) is 5.41. The molecule has 0 bridgehead atoms. The maximum atomic E-state index is 2.22. The minimum atomic E-state index is 0. The van der Waals surface area contributed by atoms with Crippen molar-refractivity contribution in [3.8, 4) is 0 Å². The van der Waals surface area contributed by atoms with E-state index in [1.54, 1.807) is 0 Å². The molecule has 0 heterocycles. The molecule has 5 aromatic carbocycles. The van der Waals surface area contributed by atoms with Gasteiger partial charge in [-0.05, 0) is 81.1 Å². The molecule has 0 saturated heterocycles. The van der Waals surface area contributed by atoms with Gasteiger partial charge in [0.1, 0.15) is 0 Å². The molecule has 5 aromatic rings. The van der Waals surface area contributed by atoms with Gasteiger partial charge in [0.15, 0.2) is 0 Å². The van der Waals surface area contributed by atoms with Crippen molar-refractivity contribution in [2.24, 2.45) is 0 Å². The van der Waals surface area contributed by atoms with E-state index in [1.165, 1.54) is 60.5 Å². The van der Waals surface area contributed by atoms with Crippen molar-refractivity contribution in [1.82, 2.24) is 0 Å². The first-order chi connectivity index (χ1) is 18.7. The van der Waals surface area contributed by atoms with Crippen molar-refractivity contribution in [2.75, 3.05) is 0 Å². The van der Waals surface area contributed by atoms with Crippen LogP contribution >= 0.6 is 0 Å². The molecule has 0 fully saturated rings. The predicted molar refractivity (Wildman–Crippen MR) is 188 cm³/mol. The number of aryl methyl sites for hydroxylation is 7. The van der Waals surface area contributed by atoms with Gasteiger partial charge in [0, 0.05) is 0 Å². The number of benzene rings is 5. The molecule has 0 unspecified atom stereocenters. The predicted octanol–water partition coefficient (Wildman–Crippen LogP) is 13.2. The van der Waals surface area contributed by atoms with Crippen molar-refractivity contribution in [3.63, 3.8) is 0 Å². The van der Waals surface area contributed by atoms with Crippen LogP contribution in [-0.2, 0) is 0 Å². The summed E-state index contributed by atoms with van der Waals surface area (Å²) in [6.07, 6.45) is 0. The van der Waals surface area contributed by atoms with E-state index in [-0.39, 0.29) is 7.43 Å². The molecule has 0 aliphatic rings. The molecular weight excluding hydrogens is 480 g/mol. The smallest absolute Gasteiger partial charge is 0.0155 e. The Kier molecular flexibility index (Phi) is 20.8. The van der Waals surface area contributed by atoms with E-state index in [4.69, 9.17) is 0 Å². The van der Waals surface area contributed by atoms with E-state index in [2.05, 4.69) is 139 Å². The van der Waals surface area contributed by atoms with Crippen molar-refractivity contribution in [3.05, 3.63) is 130 Å². The first-order valence-corrected chi connectivity index (χ1v) is 14.7. The third-order valence-corrected chi connectivity index (χ3v) is 5.79. The largest absolute Gasteiger partial charge is 0.0776 e. The average Bonchev–Trinajstić information content (AvgIpc) is 2.92. The quantitative estimate of drug-likeness (QED) is 0.184. The fourth-order valence-corrected chi connectivity index (χ4v) is 4.58. The Morgan fingerprint density at radius 1 is 0.325 bits per heavy atom. The van der Waals surface area contributed by atoms with Gasteiger partial charge in [-0.15, -0.1) is 0 Å². The van der Waals surface area contributed by atoms with Gasteiger partial charge in [0.2, 0.25) is 0 Å². The Labute approximate surface area is 248 Å². The number of rotatable bonds is 0. The Bertz CT molecular complexity index is 1240. The van der Waals surface area contributed by atoms with Crippen molar-refractivity contribution >= 4 is 21.5 Å². The molecular formula is C40H58. The fourth-order valence-electron chi connectivity index (χ4n) is 4.58. The van der Waals surface area contributed by atoms with Crippen LogP contribution in [0.25, 0.3) is 21.5 Å². The van der Waals surface area contributed by atoms with E-state index in [1.807, 2.05) is 41.5 Å². The lowest BCUT2D eigenvalue weighted by atomic mass is 10.0. The third-order valence-electron chi connectivity index (χ3n) is 5.79. The van der Waals surface area contributed by atoms with Crippen LogP contribution in [0.1, 0.15) is 87.9 Å². The van der Waals surface area contributed by atoms with Gasteiger partial charge in [-0.3, -0.25) is 0 Å². The van der Waals surface area contributed by atoms with E-state index >= 15 is 0 Å². The van der Waals surface area contributed by atoms with E-state index in [0.29, 0.717) is 0 Å². The summed E-state index contributed by atoms with van der Waals surface area (Å²) in [6.45, 7) is 27.0. The van der Waals surface area contributed by atoms with Crippen molar-refractivity contribution < 1.29 is 0 Å². The SMILES string of the molecule is C.CC.CC.CC.Cc1cc(C)c2ccccc2c1.Cc1cc(C)c2ccccc2c1.Cc1cc(C)cc(C)c1. The molecule has 0 heteroatoms. The molecule has 40 heavy (non-hydrogen) atoms. The first kappa shape index (κ1) is 38.8. The minimum Gasteiger partial charge on any atom is -0.0776 e. The summed E-state index contributed by atoms with van der Waals surface area (Å²) >= 11 is 0. The second kappa shape index (κ2) is 21.4. The van der Waals surface area contributed by atoms with Gasteiger partial charge in [0.25, 0.3) is 0 Å². The number of hydrogen-bond acceptors (Lipinski definition) is 0. The molecule has 5 rings (SSSR count). The van der Waals surface area contributed by atoms with Gasteiger partial charge in [-0.1, -0.05) is 168 Å².